The van der Waals surface area contributed by atoms with Crippen LogP contribution in [0.1, 0.15) is 47.9 Å². The number of nitrogens with zero attached hydrogens (tertiary/aromatic N) is 3. The van der Waals surface area contributed by atoms with Crippen LogP contribution >= 0.6 is 0 Å². The number of carbonyl (C=O) groups is 1. The molecule has 1 fully saturated rings. The molecule has 0 bridgehead atoms. The van der Waals surface area contributed by atoms with Crippen molar-refractivity contribution in [1.82, 2.24) is 14.8 Å². The fourth-order valence-electron chi connectivity index (χ4n) is 4.11. The molecule has 2 N–H and O–H groups in total. The minimum atomic E-state index is -4.70. The molecule has 4 rings (SSSR count). The fourth-order valence-corrected chi connectivity index (χ4v) is 4.11. The van der Waals surface area contributed by atoms with Gasteiger partial charge in [0, 0.05) is 18.2 Å². The molecular formula is C22H22F4N4O3. The molecule has 1 saturated carbocycles. The Morgan fingerprint density at radius 2 is 2.00 bits per heavy atom. The Balaban J connectivity index is 1.63. The number of carbonyl (C=O) groups excluding carboxylic acids is 1. The normalized spacial score (nSPS) is 19.0. The molecule has 3 aromatic rings. The Bertz CT molecular complexity index is 1170. The average molecular weight is 466 g/mol. The number of methoxy groups -OCH3 is 1. The van der Waals surface area contributed by atoms with Crippen LogP contribution in [0.3, 0.4) is 0 Å². The van der Waals surface area contributed by atoms with E-state index in [1.54, 1.807) is 10.9 Å². The van der Waals surface area contributed by atoms with Crippen molar-refractivity contribution in [1.29, 1.82) is 0 Å². The molecule has 1 aliphatic carbocycles. The number of nitrogens with one attached hydrogen (secondary N) is 1. The van der Waals surface area contributed by atoms with Crippen molar-refractivity contribution in [3.8, 4) is 5.75 Å². The highest BCUT2D eigenvalue weighted by Crippen LogP contribution is 2.37. The van der Waals surface area contributed by atoms with Crippen LogP contribution in [0.4, 0.5) is 23.2 Å². The third-order valence-corrected chi connectivity index (χ3v) is 5.89. The minimum Gasteiger partial charge on any atom is -0.491 e. The maximum absolute atomic E-state index is 15.2. The standard InChI is InChI=1S/C22H22F4N4O3/c1-33-20-16(28-21(32)15-3-2-4-17(27-15)22(24,25)26)9-13-10-30(29-19(13)18(20)23)14-7-5-12(11-31)6-8-14/h2-4,9-10,12,14,31H,5-8,11H2,1H3,(H,28,32). The summed E-state index contributed by atoms with van der Waals surface area (Å²) < 4.78 is 60.7. The van der Waals surface area contributed by atoms with E-state index < -0.39 is 29.3 Å². The van der Waals surface area contributed by atoms with E-state index in [0.717, 1.165) is 43.9 Å². The van der Waals surface area contributed by atoms with Crippen molar-refractivity contribution in [2.75, 3.05) is 19.0 Å². The first kappa shape index (κ1) is 23.0. The summed E-state index contributed by atoms with van der Waals surface area (Å²) in [6.07, 6.45) is 0.234. The lowest BCUT2D eigenvalue weighted by molar-refractivity contribution is -0.141. The third kappa shape index (κ3) is 4.63. The largest absolute Gasteiger partial charge is 0.491 e. The summed E-state index contributed by atoms with van der Waals surface area (Å²) in [7, 11) is 1.22. The molecule has 2 heterocycles. The van der Waals surface area contributed by atoms with Crippen LogP contribution in [0.15, 0.2) is 30.5 Å². The number of aliphatic hydroxyl groups is 1. The van der Waals surface area contributed by atoms with E-state index in [4.69, 9.17) is 4.74 Å². The summed E-state index contributed by atoms with van der Waals surface area (Å²) >= 11 is 0. The first-order valence-electron chi connectivity index (χ1n) is 10.4. The van der Waals surface area contributed by atoms with Crippen molar-refractivity contribution in [2.45, 2.75) is 37.9 Å². The summed E-state index contributed by atoms with van der Waals surface area (Å²) in [5.74, 6) is -1.75. The highest BCUT2D eigenvalue weighted by atomic mass is 19.4. The van der Waals surface area contributed by atoms with E-state index in [2.05, 4.69) is 15.4 Å². The van der Waals surface area contributed by atoms with E-state index >= 15 is 4.39 Å². The lowest BCUT2D eigenvalue weighted by atomic mass is 9.87. The van der Waals surface area contributed by atoms with Crippen LogP contribution in [0.25, 0.3) is 10.9 Å². The fraction of sp³-hybridized carbons (Fsp3) is 0.409. The van der Waals surface area contributed by atoms with E-state index in [9.17, 15) is 23.1 Å². The van der Waals surface area contributed by atoms with Gasteiger partial charge in [-0.15, -0.1) is 0 Å². The number of pyridine rings is 1. The Morgan fingerprint density at radius 3 is 2.64 bits per heavy atom. The minimum absolute atomic E-state index is 0.0461. The van der Waals surface area contributed by atoms with Crippen molar-refractivity contribution >= 4 is 22.5 Å². The van der Waals surface area contributed by atoms with Crippen molar-refractivity contribution < 1.29 is 32.2 Å². The van der Waals surface area contributed by atoms with Crippen LogP contribution in [0, 0.1) is 11.7 Å². The van der Waals surface area contributed by atoms with Gasteiger partial charge in [-0.2, -0.15) is 18.3 Å². The number of aliphatic hydroxyl groups excluding tert-OH is 1. The van der Waals surface area contributed by atoms with Crippen LogP contribution < -0.4 is 10.1 Å². The molecular weight excluding hydrogens is 444 g/mol. The van der Waals surface area contributed by atoms with E-state index in [-0.39, 0.29) is 35.5 Å². The van der Waals surface area contributed by atoms with E-state index in [1.165, 1.54) is 13.2 Å². The molecule has 0 aliphatic heterocycles. The van der Waals surface area contributed by atoms with Gasteiger partial charge < -0.3 is 15.2 Å². The zero-order chi connectivity index (χ0) is 23.8. The highest BCUT2D eigenvalue weighted by molar-refractivity contribution is 6.05. The van der Waals surface area contributed by atoms with E-state index in [1.807, 2.05) is 0 Å². The quantitative estimate of drug-likeness (QED) is 0.538. The number of benzene rings is 1. The molecule has 0 radical (unpaired) electrons. The maximum atomic E-state index is 15.2. The summed E-state index contributed by atoms with van der Waals surface area (Å²) in [4.78, 5) is 15.9. The van der Waals surface area contributed by atoms with Gasteiger partial charge in [0.05, 0.1) is 18.8 Å². The molecule has 1 aliphatic rings. The van der Waals surface area contributed by atoms with Gasteiger partial charge in [-0.05, 0) is 49.8 Å². The molecule has 176 valence electrons. The van der Waals surface area contributed by atoms with Crippen molar-refractivity contribution in [3.05, 3.63) is 47.7 Å². The Hall–Kier alpha value is -3.21. The lowest BCUT2D eigenvalue weighted by Crippen LogP contribution is -2.20. The number of alkyl halides is 3. The first-order chi connectivity index (χ1) is 15.7. The molecule has 11 heteroatoms. The topological polar surface area (TPSA) is 89.3 Å². The zero-order valence-electron chi connectivity index (χ0n) is 17.7. The number of halogens is 4. The van der Waals surface area contributed by atoms with Crippen LogP contribution in [-0.2, 0) is 6.18 Å². The van der Waals surface area contributed by atoms with Gasteiger partial charge in [-0.1, -0.05) is 6.07 Å². The highest BCUT2D eigenvalue weighted by Gasteiger charge is 2.33. The zero-order valence-corrected chi connectivity index (χ0v) is 17.7. The number of ether oxygens (including phenoxy) is 1. The number of amides is 1. The third-order valence-electron chi connectivity index (χ3n) is 5.89. The number of hydrogen-bond acceptors (Lipinski definition) is 5. The number of fused-ring (bicyclic) bond motifs is 1. The monoisotopic (exact) mass is 466 g/mol. The predicted molar refractivity (Wildman–Crippen MR) is 112 cm³/mol. The molecule has 1 amide bonds. The average Bonchev–Trinajstić information content (AvgIpc) is 3.23. The van der Waals surface area contributed by atoms with Crippen LogP contribution in [0.5, 0.6) is 5.75 Å². The summed E-state index contributed by atoms with van der Waals surface area (Å²) in [6, 6.07) is 4.48. The number of anilines is 1. The van der Waals surface area contributed by atoms with Crippen LogP contribution in [0.2, 0.25) is 0 Å². The Morgan fingerprint density at radius 1 is 1.27 bits per heavy atom. The molecule has 0 saturated heterocycles. The number of hydrogen-bond donors (Lipinski definition) is 2. The number of aromatic nitrogens is 3. The van der Waals surface area contributed by atoms with Gasteiger partial charge in [0.15, 0.2) is 11.6 Å². The molecule has 1 aromatic carbocycles. The summed E-state index contributed by atoms with van der Waals surface area (Å²) in [5, 5.41) is 16.5. The molecule has 0 spiro atoms. The maximum Gasteiger partial charge on any atom is 0.433 e. The number of rotatable bonds is 5. The van der Waals surface area contributed by atoms with Gasteiger partial charge in [0.25, 0.3) is 5.91 Å². The molecule has 2 aromatic heterocycles. The molecule has 0 atom stereocenters. The van der Waals surface area contributed by atoms with Gasteiger partial charge >= 0.3 is 6.18 Å². The Kier molecular flexibility index (Phi) is 6.24. The first-order valence-corrected chi connectivity index (χ1v) is 10.4. The van der Waals surface area contributed by atoms with E-state index in [0.29, 0.717) is 5.39 Å². The van der Waals surface area contributed by atoms with Gasteiger partial charge in [-0.25, -0.2) is 9.37 Å². The lowest BCUT2D eigenvalue weighted by Gasteiger charge is -2.27. The molecule has 33 heavy (non-hydrogen) atoms. The predicted octanol–water partition coefficient (Wildman–Crippen LogP) is 4.57. The Labute approximate surface area is 186 Å². The van der Waals surface area contributed by atoms with Crippen molar-refractivity contribution in [3.63, 3.8) is 0 Å². The van der Waals surface area contributed by atoms with Gasteiger partial charge in [0.2, 0.25) is 0 Å². The summed E-state index contributed by atoms with van der Waals surface area (Å²) in [5.41, 5.74) is -1.66. The second-order valence-corrected chi connectivity index (χ2v) is 8.04. The second kappa shape index (κ2) is 8.97. The van der Waals surface area contributed by atoms with Crippen LogP contribution in [-0.4, -0.2) is 39.5 Å². The SMILES string of the molecule is COc1c(NC(=O)c2cccc(C(F)(F)F)n2)cc2cn(C3CCC(CO)CC3)nc2c1F. The molecule has 0 unspecified atom stereocenters. The smallest absolute Gasteiger partial charge is 0.433 e. The summed E-state index contributed by atoms with van der Waals surface area (Å²) in [6.45, 7) is 0.142. The van der Waals surface area contributed by atoms with Gasteiger partial charge in [-0.3, -0.25) is 9.48 Å². The van der Waals surface area contributed by atoms with Crippen molar-refractivity contribution in [2.24, 2.45) is 5.92 Å². The van der Waals surface area contributed by atoms with Gasteiger partial charge in [0.1, 0.15) is 16.9 Å². The molecule has 7 nitrogen and oxygen atoms in total. The second-order valence-electron chi connectivity index (χ2n) is 8.04.